The van der Waals surface area contributed by atoms with Gasteiger partial charge < -0.3 is 38.0 Å². The lowest BCUT2D eigenvalue weighted by molar-refractivity contribution is -0.200. The number of aliphatic hydroxyl groups excluding tert-OH is 1. The van der Waals surface area contributed by atoms with Gasteiger partial charge in [-0.3, -0.25) is 0 Å². The Balaban J connectivity index is 1.17. The first-order valence-electron chi connectivity index (χ1n) is 22.8. The maximum Gasteiger partial charge on any atom is 0.261 e. The van der Waals surface area contributed by atoms with Crippen LogP contribution in [0, 0.1) is 23.2 Å². The summed E-state index contributed by atoms with van der Waals surface area (Å²) in [7, 11) is -3.72. The topological polar surface area (TPSA) is 84.8 Å². The average Bonchev–Trinajstić information content (AvgIpc) is 3.71. The number of ether oxygens (including phenoxy) is 6. The van der Waals surface area contributed by atoms with Gasteiger partial charge in [-0.2, -0.15) is 0 Å². The highest BCUT2D eigenvalue weighted by Gasteiger charge is 2.75. The number of aliphatic hydroxyl groups is 1. The fourth-order valence-corrected chi connectivity index (χ4v) is 18.8. The molecular formula is C48H77IO8Si2. The first-order chi connectivity index (χ1) is 28.0. The standard InChI is InChI=1S/C48H77IO8Si2/c1-10-53-42-33-47(34-54-42)32-36(50)31-41-39(26-28-51-35-52-29-30-58(7,8)9)40(43(49)48(47)44(41)56-46(5,6)57-48)25-19-11-12-20-27-55-59(45(2,3)4,37-21-15-13-16-22-37)38-23-17-14-18-24-38/h13-18,21-24,36,39-44,50H,10-12,19-20,25-35H2,1-9H3/t36-,39-,40-,41+,42?,43-,44-,47-,48+/m1/s1. The van der Waals surface area contributed by atoms with Crippen molar-refractivity contribution < 1.29 is 38.0 Å². The molecule has 2 aromatic carbocycles. The predicted molar refractivity (Wildman–Crippen MR) is 251 cm³/mol. The molecule has 1 N–H and O–H groups in total. The van der Waals surface area contributed by atoms with E-state index in [1.807, 2.05) is 6.92 Å². The van der Waals surface area contributed by atoms with E-state index in [9.17, 15) is 5.11 Å². The molecule has 2 aliphatic heterocycles. The summed E-state index contributed by atoms with van der Waals surface area (Å²) in [5, 5.41) is 14.5. The van der Waals surface area contributed by atoms with Gasteiger partial charge in [-0.15, -0.1) is 0 Å². The van der Waals surface area contributed by atoms with Gasteiger partial charge in [0.15, 0.2) is 12.1 Å². The molecule has 332 valence electrons. The number of unbranched alkanes of at least 4 members (excludes halogenated alkanes) is 3. The number of hydrogen-bond acceptors (Lipinski definition) is 8. The molecule has 2 aromatic rings. The monoisotopic (exact) mass is 964 g/mol. The number of rotatable bonds is 20. The van der Waals surface area contributed by atoms with Crippen LogP contribution in [0.4, 0.5) is 0 Å². The van der Waals surface area contributed by atoms with E-state index in [-0.39, 0.29) is 27.3 Å². The Morgan fingerprint density at radius 1 is 0.831 bits per heavy atom. The smallest absolute Gasteiger partial charge is 0.261 e. The summed E-state index contributed by atoms with van der Waals surface area (Å²) < 4.78 is 46.5. The summed E-state index contributed by atoms with van der Waals surface area (Å²) in [5.41, 5.74) is -1.01. The molecule has 2 heterocycles. The molecule has 0 aromatic heterocycles. The largest absolute Gasteiger partial charge is 0.407 e. The lowest BCUT2D eigenvalue weighted by atomic mass is 9.54. The molecule has 6 rings (SSSR count). The SMILES string of the molecule is CCOC1C[C@@]2(CO1)C[C@H](O)C[C@H]1[C@H](CCOCOCC[Si](C)(C)C)[C@@H](CCCCCCO[Si](c3ccccc3)(c3ccccc3)C(C)(C)C)[C@@H](I)[C@@]23OC(C)(C)O[C@H]13. The van der Waals surface area contributed by atoms with Crippen LogP contribution in [-0.2, 0) is 32.8 Å². The van der Waals surface area contributed by atoms with Crippen molar-refractivity contribution in [3.63, 3.8) is 0 Å². The molecule has 11 heteroatoms. The number of hydrogen-bond donors (Lipinski definition) is 1. The Morgan fingerprint density at radius 3 is 2.10 bits per heavy atom. The molecule has 9 atom stereocenters. The second-order valence-corrected chi connectivity index (χ2v) is 32.0. The highest BCUT2D eigenvalue weighted by atomic mass is 127. The van der Waals surface area contributed by atoms with Gasteiger partial charge in [0, 0.05) is 50.3 Å². The van der Waals surface area contributed by atoms with Gasteiger partial charge in [-0.25, -0.2) is 0 Å². The molecule has 2 saturated carbocycles. The molecule has 4 aliphatic rings. The summed E-state index contributed by atoms with van der Waals surface area (Å²) >= 11 is 2.75. The molecule has 4 fully saturated rings. The van der Waals surface area contributed by atoms with Crippen LogP contribution in [0.2, 0.25) is 30.7 Å². The third-order valence-corrected chi connectivity index (χ3v) is 22.5. The molecule has 0 amide bonds. The maximum absolute atomic E-state index is 11.9. The van der Waals surface area contributed by atoms with E-state index >= 15 is 0 Å². The van der Waals surface area contributed by atoms with E-state index in [0.29, 0.717) is 57.7 Å². The van der Waals surface area contributed by atoms with Crippen molar-refractivity contribution in [3.05, 3.63) is 60.7 Å². The van der Waals surface area contributed by atoms with E-state index in [1.54, 1.807) is 0 Å². The molecule has 59 heavy (non-hydrogen) atoms. The first kappa shape index (κ1) is 47.8. The molecule has 2 bridgehead atoms. The minimum atomic E-state index is -2.56. The van der Waals surface area contributed by atoms with E-state index in [0.717, 1.165) is 57.8 Å². The van der Waals surface area contributed by atoms with Crippen LogP contribution >= 0.6 is 22.6 Å². The molecule has 1 spiro atoms. The minimum Gasteiger partial charge on any atom is -0.407 e. The summed E-state index contributed by atoms with van der Waals surface area (Å²) in [6.45, 7) is 23.9. The normalized spacial score (nSPS) is 32.0. The van der Waals surface area contributed by atoms with Crippen molar-refractivity contribution in [1.29, 1.82) is 0 Å². The lowest BCUT2D eigenvalue weighted by Gasteiger charge is -2.57. The van der Waals surface area contributed by atoms with Gasteiger partial charge in [-0.05, 0) is 92.1 Å². The maximum atomic E-state index is 11.9. The Kier molecular flexibility index (Phi) is 16.2. The van der Waals surface area contributed by atoms with Crippen molar-refractivity contribution >= 4 is 49.4 Å². The summed E-state index contributed by atoms with van der Waals surface area (Å²) in [4.78, 5) is 0. The van der Waals surface area contributed by atoms with E-state index in [4.69, 9.17) is 32.8 Å². The van der Waals surface area contributed by atoms with Crippen LogP contribution in [0.1, 0.15) is 99.3 Å². The van der Waals surface area contributed by atoms with Crippen LogP contribution in [0.15, 0.2) is 60.7 Å². The molecule has 2 aliphatic carbocycles. The Labute approximate surface area is 372 Å². The molecule has 8 nitrogen and oxygen atoms in total. The zero-order valence-corrected chi connectivity index (χ0v) is 42.0. The average molecular weight is 965 g/mol. The van der Waals surface area contributed by atoms with E-state index < -0.39 is 39.3 Å². The zero-order valence-electron chi connectivity index (χ0n) is 37.8. The van der Waals surface area contributed by atoms with Gasteiger partial charge in [0.25, 0.3) is 8.32 Å². The van der Waals surface area contributed by atoms with Crippen molar-refractivity contribution in [2.24, 2.45) is 23.2 Å². The van der Waals surface area contributed by atoms with Crippen molar-refractivity contribution in [1.82, 2.24) is 0 Å². The molecule has 2 saturated heterocycles. The third kappa shape index (κ3) is 10.5. The minimum absolute atomic E-state index is 0.0303. The number of alkyl halides is 1. The summed E-state index contributed by atoms with van der Waals surface area (Å²) in [6.07, 6.45) is 7.56. The third-order valence-electron chi connectivity index (χ3n) is 13.9. The quantitative estimate of drug-likeness (QED) is 0.0462. The molecule has 0 radical (unpaired) electrons. The van der Waals surface area contributed by atoms with Crippen molar-refractivity contribution in [2.45, 2.75) is 164 Å². The van der Waals surface area contributed by atoms with E-state index in [1.165, 1.54) is 10.4 Å². The molecule has 1 unspecified atom stereocenters. The van der Waals surface area contributed by atoms with Crippen LogP contribution in [-0.4, -0.2) is 95.1 Å². The van der Waals surface area contributed by atoms with Gasteiger partial charge in [0.05, 0.1) is 18.8 Å². The van der Waals surface area contributed by atoms with Gasteiger partial charge in [0.1, 0.15) is 12.4 Å². The lowest BCUT2D eigenvalue weighted by Crippen LogP contribution is -2.68. The highest BCUT2D eigenvalue weighted by molar-refractivity contribution is 14.1. The summed E-state index contributed by atoms with van der Waals surface area (Å²) in [5.74, 6) is 0.0936. The van der Waals surface area contributed by atoms with Gasteiger partial charge in [0.2, 0.25) is 0 Å². The van der Waals surface area contributed by atoms with Crippen LogP contribution in [0.3, 0.4) is 0 Å². The Bertz CT molecular complexity index is 1550. The van der Waals surface area contributed by atoms with Crippen LogP contribution < -0.4 is 10.4 Å². The summed E-state index contributed by atoms with van der Waals surface area (Å²) in [6, 6.07) is 23.1. The molecular weight excluding hydrogens is 888 g/mol. The second-order valence-electron chi connectivity index (χ2n) is 20.7. The van der Waals surface area contributed by atoms with Crippen molar-refractivity contribution in [2.75, 3.05) is 39.8 Å². The fraction of sp³-hybridized carbons (Fsp3) is 0.750. The predicted octanol–water partition coefficient (Wildman–Crippen LogP) is 9.71. The Hall–Kier alpha value is -0.716. The number of halogens is 1. The fourth-order valence-electron chi connectivity index (χ4n) is 11.4. The van der Waals surface area contributed by atoms with Gasteiger partial charge in [-0.1, -0.05) is 143 Å². The van der Waals surface area contributed by atoms with Crippen molar-refractivity contribution in [3.8, 4) is 0 Å². The first-order valence-corrected chi connectivity index (χ1v) is 29.7. The number of benzene rings is 2. The second kappa shape index (κ2) is 20.0. The van der Waals surface area contributed by atoms with Crippen LogP contribution in [0.25, 0.3) is 0 Å². The van der Waals surface area contributed by atoms with Crippen LogP contribution in [0.5, 0.6) is 0 Å². The Morgan fingerprint density at radius 2 is 1.47 bits per heavy atom. The van der Waals surface area contributed by atoms with Gasteiger partial charge >= 0.3 is 0 Å². The van der Waals surface area contributed by atoms with E-state index in [2.05, 4.69) is 138 Å². The highest BCUT2D eigenvalue weighted by Crippen LogP contribution is 2.67. The zero-order chi connectivity index (χ0) is 42.5.